The first-order chi connectivity index (χ1) is 13.2. The number of hydrogen-bond acceptors (Lipinski definition) is 5. The van der Waals surface area contributed by atoms with Crippen molar-refractivity contribution in [3.63, 3.8) is 0 Å². The lowest BCUT2D eigenvalue weighted by atomic mass is 10.0. The highest BCUT2D eigenvalue weighted by atomic mass is 16.6. The number of benzene rings is 1. The van der Waals surface area contributed by atoms with Crippen molar-refractivity contribution in [1.82, 2.24) is 14.7 Å². The predicted molar refractivity (Wildman–Crippen MR) is 101 cm³/mol. The topological polar surface area (TPSA) is 77.2 Å². The Labute approximate surface area is 156 Å². The summed E-state index contributed by atoms with van der Waals surface area (Å²) in [4.78, 5) is 22.1. The first kappa shape index (κ1) is 17.1. The third-order valence-corrected chi connectivity index (χ3v) is 4.45. The molecule has 1 N–H and O–H groups in total. The number of aromatic nitrogens is 2. The van der Waals surface area contributed by atoms with Crippen molar-refractivity contribution in [3.8, 4) is 5.75 Å². The van der Waals surface area contributed by atoms with Crippen molar-refractivity contribution in [2.24, 2.45) is 5.16 Å². The van der Waals surface area contributed by atoms with Crippen LogP contribution in [0.3, 0.4) is 0 Å². The molecule has 3 heterocycles. The maximum absolute atomic E-state index is 12.3. The zero-order valence-corrected chi connectivity index (χ0v) is 15.0. The number of nitrogens with one attached hydrogen (secondary N) is 1. The summed E-state index contributed by atoms with van der Waals surface area (Å²) in [7, 11) is 1.65. The second kappa shape index (κ2) is 7.49. The van der Waals surface area contributed by atoms with Gasteiger partial charge in [0, 0.05) is 25.2 Å². The number of imidazole rings is 1. The van der Waals surface area contributed by atoms with E-state index >= 15 is 0 Å². The van der Waals surface area contributed by atoms with Crippen molar-refractivity contribution >= 4 is 17.3 Å². The van der Waals surface area contributed by atoms with E-state index in [1.54, 1.807) is 13.3 Å². The molecule has 1 aromatic carbocycles. The maximum Gasteiger partial charge on any atom is 0.271 e. The third kappa shape index (κ3) is 3.92. The number of ether oxygens (including phenoxy) is 1. The van der Waals surface area contributed by atoms with Crippen LogP contribution in [-0.2, 0) is 11.3 Å². The van der Waals surface area contributed by atoms with E-state index in [0.717, 1.165) is 29.1 Å². The molecule has 27 heavy (non-hydrogen) atoms. The van der Waals surface area contributed by atoms with Gasteiger partial charge in [-0.25, -0.2) is 4.98 Å². The van der Waals surface area contributed by atoms with E-state index in [2.05, 4.69) is 15.5 Å². The molecule has 7 heteroatoms. The van der Waals surface area contributed by atoms with Gasteiger partial charge in [-0.1, -0.05) is 23.4 Å². The minimum Gasteiger partial charge on any atom is -0.497 e. The van der Waals surface area contributed by atoms with Gasteiger partial charge in [-0.2, -0.15) is 0 Å². The molecule has 0 radical (unpaired) electrons. The normalized spacial score (nSPS) is 16.0. The molecular formula is C20H20N4O3. The Balaban J connectivity index is 1.28. The Bertz CT molecular complexity index is 945. The van der Waals surface area contributed by atoms with E-state index < -0.39 is 0 Å². The van der Waals surface area contributed by atoms with E-state index in [1.165, 1.54) is 0 Å². The van der Waals surface area contributed by atoms with Crippen molar-refractivity contribution in [2.75, 3.05) is 13.7 Å². The lowest BCUT2D eigenvalue weighted by Gasteiger charge is -2.08. The van der Waals surface area contributed by atoms with Crippen LogP contribution in [0.1, 0.15) is 22.5 Å². The summed E-state index contributed by atoms with van der Waals surface area (Å²) < 4.78 is 6.98. The number of pyridine rings is 1. The van der Waals surface area contributed by atoms with Gasteiger partial charge in [-0.05, 0) is 29.8 Å². The summed E-state index contributed by atoms with van der Waals surface area (Å²) in [6, 6.07) is 13.5. The smallest absolute Gasteiger partial charge is 0.271 e. The van der Waals surface area contributed by atoms with Crippen LogP contribution >= 0.6 is 0 Å². The SMILES string of the molecule is COc1ccc(CC2=NOC(CNC(=O)c3cn4ccccc4n3)C2)cc1. The zero-order valence-electron chi connectivity index (χ0n) is 15.0. The number of oxime groups is 1. The Hall–Kier alpha value is -3.35. The number of amides is 1. The molecular weight excluding hydrogens is 344 g/mol. The highest BCUT2D eigenvalue weighted by Gasteiger charge is 2.22. The average Bonchev–Trinajstić information content (AvgIpc) is 3.33. The van der Waals surface area contributed by atoms with Crippen LogP contribution in [0.2, 0.25) is 0 Å². The number of rotatable bonds is 6. The van der Waals surface area contributed by atoms with Crippen LogP contribution in [0.15, 0.2) is 60.0 Å². The van der Waals surface area contributed by atoms with Crippen LogP contribution in [-0.4, -0.2) is 40.8 Å². The Morgan fingerprint density at radius 1 is 1.30 bits per heavy atom. The second-order valence-electron chi connectivity index (χ2n) is 6.42. The molecule has 0 saturated heterocycles. The molecule has 4 rings (SSSR count). The van der Waals surface area contributed by atoms with Gasteiger partial charge in [0.15, 0.2) is 0 Å². The lowest BCUT2D eigenvalue weighted by Crippen LogP contribution is -2.32. The van der Waals surface area contributed by atoms with Crippen LogP contribution < -0.4 is 10.1 Å². The molecule has 1 aliphatic rings. The van der Waals surface area contributed by atoms with Crippen molar-refractivity contribution in [3.05, 3.63) is 66.1 Å². The van der Waals surface area contributed by atoms with Crippen LogP contribution in [0.4, 0.5) is 0 Å². The summed E-state index contributed by atoms with van der Waals surface area (Å²) in [5.41, 5.74) is 3.24. The molecule has 1 aliphatic heterocycles. The maximum atomic E-state index is 12.3. The number of fused-ring (bicyclic) bond motifs is 1. The quantitative estimate of drug-likeness (QED) is 0.729. The Kier molecular flexibility index (Phi) is 4.74. The minimum absolute atomic E-state index is 0.153. The number of carbonyl (C=O) groups excluding carboxylic acids is 1. The minimum atomic E-state index is -0.217. The van der Waals surface area contributed by atoms with Gasteiger partial charge in [0.05, 0.1) is 19.4 Å². The summed E-state index contributed by atoms with van der Waals surface area (Å²) in [5.74, 6) is 0.613. The molecule has 3 aromatic rings. The molecule has 0 fully saturated rings. The monoisotopic (exact) mass is 364 g/mol. The van der Waals surface area contributed by atoms with E-state index in [0.29, 0.717) is 18.7 Å². The van der Waals surface area contributed by atoms with Crippen LogP contribution in [0.25, 0.3) is 5.65 Å². The number of nitrogens with zero attached hydrogens (tertiary/aromatic N) is 3. The fraction of sp³-hybridized carbons (Fsp3) is 0.250. The van der Waals surface area contributed by atoms with Crippen LogP contribution in [0.5, 0.6) is 5.75 Å². The van der Waals surface area contributed by atoms with Gasteiger partial charge < -0.3 is 19.3 Å². The molecule has 138 valence electrons. The van der Waals surface area contributed by atoms with E-state index in [4.69, 9.17) is 9.57 Å². The van der Waals surface area contributed by atoms with Gasteiger partial charge in [0.2, 0.25) is 0 Å². The largest absolute Gasteiger partial charge is 0.497 e. The van der Waals surface area contributed by atoms with Gasteiger partial charge in [-0.15, -0.1) is 0 Å². The summed E-state index contributed by atoms with van der Waals surface area (Å²) in [6.07, 6.45) is 4.84. The molecule has 1 unspecified atom stereocenters. The molecule has 0 spiro atoms. The van der Waals surface area contributed by atoms with Crippen LogP contribution in [0, 0.1) is 0 Å². The number of methoxy groups -OCH3 is 1. The molecule has 0 aliphatic carbocycles. The molecule has 2 aromatic heterocycles. The highest BCUT2D eigenvalue weighted by molar-refractivity contribution is 5.93. The predicted octanol–water partition coefficient (Wildman–Crippen LogP) is 2.46. The fourth-order valence-corrected chi connectivity index (χ4v) is 3.02. The number of carbonyl (C=O) groups is 1. The molecule has 7 nitrogen and oxygen atoms in total. The van der Waals surface area contributed by atoms with Gasteiger partial charge in [-0.3, -0.25) is 4.79 Å². The standard InChI is InChI=1S/C20H20N4O3/c1-26-16-7-5-14(6-8-16)10-15-11-17(27-23-15)12-21-20(25)18-13-24-9-3-2-4-19(24)22-18/h2-9,13,17H,10-12H2,1H3,(H,21,25). The lowest BCUT2D eigenvalue weighted by molar-refractivity contribution is 0.0751. The van der Waals surface area contributed by atoms with Gasteiger partial charge >= 0.3 is 0 Å². The van der Waals surface area contributed by atoms with E-state index in [1.807, 2.05) is 53.1 Å². The van der Waals surface area contributed by atoms with Crippen molar-refractivity contribution in [1.29, 1.82) is 0 Å². The first-order valence-corrected chi connectivity index (χ1v) is 8.78. The van der Waals surface area contributed by atoms with E-state index in [9.17, 15) is 4.79 Å². The fourth-order valence-electron chi connectivity index (χ4n) is 3.02. The molecule has 0 saturated carbocycles. The van der Waals surface area contributed by atoms with E-state index in [-0.39, 0.29) is 12.0 Å². The van der Waals surface area contributed by atoms with Crippen molar-refractivity contribution in [2.45, 2.75) is 18.9 Å². The highest BCUT2D eigenvalue weighted by Crippen LogP contribution is 2.17. The Morgan fingerprint density at radius 2 is 2.15 bits per heavy atom. The second-order valence-corrected chi connectivity index (χ2v) is 6.42. The van der Waals surface area contributed by atoms with Crippen molar-refractivity contribution < 1.29 is 14.4 Å². The zero-order chi connectivity index (χ0) is 18.6. The van der Waals surface area contributed by atoms with Gasteiger partial charge in [0.25, 0.3) is 5.91 Å². The summed E-state index contributed by atoms with van der Waals surface area (Å²) >= 11 is 0. The van der Waals surface area contributed by atoms with Gasteiger partial charge in [0.1, 0.15) is 23.2 Å². The average molecular weight is 364 g/mol. The third-order valence-electron chi connectivity index (χ3n) is 4.45. The summed E-state index contributed by atoms with van der Waals surface area (Å²) in [6.45, 7) is 0.391. The Morgan fingerprint density at radius 3 is 2.93 bits per heavy atom. The molecule has 0 bridgehead atoms. The number of hydrogen-bond donors (Lipinski definition) is 1. The first-order valence-electron chi connectivity index (χ1n) is 8.78. The summed E-state index contributed by atoms with van der Waals surface area (Å²) in [5, 5.41) is 7.03. The molecule has 1 atom stereocenters. The molecule has 1 amide bonds.